The number of ketones is 1. The Hall–Kier alpha value is -1.19. The highest BCUT2D eigenvalue weighted by molar-refractivity contribution is 5.98. The quantitative estimate of drug-likeness (QED) is 0.568. The first-order valence-electron chi connectivity index (χ1n) is 6.54. The molecule has 0 aromatic heterocycles. The molecule has 0 saturated heterocycles. The van der Waals surface area contributed by atoms with E-state index >= 15 is 0 Å². The van der Waals surface area contributed by atoms with Gasteiger partial charge in [0.15, 0.2) is 5.78 Å². The molecule has 0 unspecified atom stereocenters. The van der Waals surface area contributed by atoms with Gasteiger partial charge in [-0.15, -0.1) is 0 Å². The summed E-state index contributed by atoms with van der Waals surface area (Å²) in [5.74, 6) is 0.156. The molecule has 0 aliphatic rings. The average Bonchev–Trinajstić information content (AvgIpc) is 2.33. The third-order valence-corrected chi connectivity index (χ3v) is 2.81. The molecule has 0 spiro atoms. The number of nitrogens with one attached hydrogen (secondary N) is 1. The molecule has 0 atom stereocenters. The minimum Gasteiger partial charge on any atom is -0.382 e. The number of carbonyl (C=O) groups is 1. The lowest BCUT2D eigenvalue weighted by molar-refractivity contribution is 0.0987. The first-order valence-corrected chi connectivity index (χ1v) is 6.54. The number of Topliss-reactive ketones (excluding diaryl/α,β-unsaturated/α-hetero) is 1. The molecule has 3 heteroatoms. The Morgan fingerprint density at radius 3 is 2.78 bits per heavy atom. The molecular formula is C15H23NO2. The van der Waals surface area contributed by atoms with E-state index in [9.17, 15) is 4.79 Å². The van der Waals surface area contributed by atoms with Crippen molar-refractivity contribution in [2.24, 2.45) is 0 Å². The van der Waals surface area contributed by atoms with Crippen molar-refractivity contribution in [3.63, 3.8) is 0 Å². The van der Waals surface area contributed by atoms with E-state index in [-0.39, 0.29) is 5.78 Å². The number of benzene rings is 1. The van der Waals surface area contributed by atoms with Gasteiger partial charge in [0.2, 0.25) is 0 Å². The molecular weight excluding hydrogens is 226 g/mol. The van der Waals surface area contributed by atoms with Crippen molar-refractivity contribution in [2.75, 3.05) is 26.3 Å². The van der Waals surface area contributed by atoms with Gasteiger partial charge in [0.25, 0.3) is 0 Å². The van der Waals surface area contributed by atoms with Crippen molar-refractivity contribution < 1.29 is 9.53 Å². The lowest BCUT2D eigenvalue weighted by atomic mass is 10.0. The first-order chi connectivity index (χ1) is 8.65. The van der Waals surface area contributed by atoms with E-state index in [1.165, 1.54) is 5.56 Å². The van der Waals surface area contributed by atoms with Gasteiger partial charge in [-0.1, -0.05) is 23.8 Å². The van der Waals surface area contributed by atoms with Crippen LogP contribution in [0.5, 0.6) is 0 Å². The molecule has 0 aliphatic carbocycles. The third kappa shape index (κ3) is 4.98. The van der Waals surface area contributed by atoms with E-state index in [0.29, 0.717) is 6.54 Å². The zero-order valence-corrected chi connectivity index (χ0v) is 11.6. The Morgan fingerprint density at radius 2 is 2.11 bits per heavy atom. The van der Waals surface area contributed by atoms with Gasteiger partial charge in [-0.3, -0.25) is 4.79 Å². The van der Waals surface area contributed by atoms with Gasteiger partial charge in [-0.05, 0) is 39.3 Å². The van der Waals surface area contributed by atoms with E-state index < -0.39 is 0 Å². The lowest BCUT2D eigenvalue weighted by Gasteiger charge is -2.07. The molecule has 1 N–H and O–H groups in total. The Morgan fingerprint density at radius 1 is 1.33 bits per heavy atom. The van der Waals surface area contributed by atoms with Gasteiger partial charge in [0.1, 0.15) is 0 Å². The summed E-state index contributed by atoms with van der Waals surface area (Å²) in [4.78, 5) is 12.0. The van der Waals surface area contributed by atoms with E-state index in [4.69, 9.17) is 4.74 Å². The van der Waals surface area contributed by atoms with E-state index in [1.807, 2.05) is 39.0 Å². The molecule has 3 nitrogen and oxygen atoms in total. The summed E-state index contributed by atoms with van der Waals surface area (Å²) < 4.78 is 5.23. The topological polar surface area (TPSA) is 38.3 Å². The van der Waals surface area contributed by atoms with Crippen molar-refractivity contribution in [1.29, 1.82) is 0 Å². The van der Waals surface area contributed by atoms with Crippen molar-refractivity contribution >= 4 is 5.78 Å². The Balaban J connectivity index is 2.32. The molecule has 0 saturated carbocycles. The fraction of sp³-hybridized carbons (Fsp3) is 0.533. The van der Waals surface area contributed by atoms with Gasteiger partial charge in [-0.2, -0.15) is 0 Å². The van der Waals surface area contributed by atoms with Crippen LogP contribution < -0.4 is 5.32 Å². The standard InChI is InChI=1S/C15H23NO2/c1-4-18-9-5-8-16-11-15(17)14-7-6-12(2)10-13(14)3/h6-7,10,16H,4-5,8-9,11H2,1-3H3. The second-order valence-corrected chi connectivity index (χ2v) is 4.47. The van der Waals surface area contributed by atoms with Crippen LogP contribution in [-0.2, 0) is 4.74 Å². The Bertz CT molecular complexity index is 388. The number of hydrogen-bond acceptors (Lipinski definition) is 3. The van der Waals surface area contributed by atoms with E-state index in [0.717, 1.165) is 37.3 Å². The fourth-order valence-electron chi connectivity index (χ4n) is 1.87. The minimum atomic E-state index is 0.156. The monoisotopic (exact) mass is 249 g/mol. The maximum atomic E-state index is 12.0. The van der Waals surface area contributed by atoms with Crippen LogP contribution in [0.25, 0.3) is 0 Å². The van der Waals surface area contributed by atoms with Crippen LogP contribution in [0.1, 0.15) is 34.8 Å². The number of ether oxygens (including phenoxy) is 1. The largest absolute Gasteiger partial charge is 0.382 e. The van der Waals surface area contributed by atoms with Crippen molar-refractivity contribution in [3.05, 3.63) is 34.9 Å². The van der Waals surface area contributed by atoms with Crippen molar-refractivity contribution in [3.8, 4) is 0 Å². The molecule has 0 fully saturated rings. The molecule has 0 heterocycles. The van der Waals surface area contributed by atoms with Crippen molar-refractivity contribution in [2.45, 2.75) is 27.2 Å². The molecule has 1 aromatic carbocycles. The van der Waals surface area contributed by atoms with E-state index in [2.05, 4.69) is 5.32 Å². The molecule has 18 heavy (non-hydrogen) atoms. The normalized spacial score (nSPS) is 10.6. The summed E-state index contributed by atoms with van der Waals surface area (Å²) in [5, 5.41) is 3.15. The summed E-state index contributed by atoms with van der Waals surface area (Å²) in [6.07, 6.45) is 0.938. The van der Waals surface area contributed by atoms with Crippen LogP contribution in [-0.4, -0.2) is 32.1 Å². The second-order valence-electron chi connectivity index (χ2n) is 4.47. The van der Waals surface area contributed by atoms with Gasteiger partial charge in [0, 0.05) is 18.8 Å². The third-order valence-electron chi connectivity index (χ3n) is 2.81. The highest BCUT2D eigenvalue weighted by atomic mass is 16.5. The summed E-state index contributed by atoms with van der Waals surface area (Å²) >= 11 is 0. The maximum Gasteiger partial charge on any atom is 0.176 e. The lowest BCUT2D eigenvalue weighted by Crippen LogP contribution is -2.25. The number of aryl methyl sites for hydroxylation is 2. The molecule has 100 valence electrons. The highest BCUT2D eigenvalue weighted by Crippen LogP contribution is 2.10. The van der Waals surface area contributed by atoms with Gasteiger partial charge >= 0.3 is 0 Å². The van der Waals surface area contributed by atoms with Crippen molar-refractivity contribution in [1.82, 2.24) is 5.32 Å². The molecule has 0 aliphatic heterocycles. The predicted molar refractivity (Wildman–Crippen MR) is 74.2 cm³/mol. The SMILES string of the molecule is CCOCCCNCC(=O)c1ccc(C)cc1C. The number of carbonyl (C=O) groups excluding carboxylic acids is 1. The zero-order chi connectivity index (χ0) is 13.4. The smallest absolute Gasteiger partial charge is 0.176 e. The van der Waals surface area contributed by atoms with Crippen LogP contribution >= 0.6 is 0 Å². The second kappa shape index (κ2) is 8.01. The summed E-state index contributed by atoms with van der Waals surface area (Å²) in [5.41, 5.74) is 3.06. The van der Waals surface area contributed by atoms with Crippen LogP contribution in [0, 0.1) is 13.8 Å². The van der Waals surface area contributed by atoms with Crippen LogP contribution in [0.3, 0.4) is 0 Å². The number of rotatable bonds is 8. The fourth-order valence-corrected chi connectivity index (χ4v) is 1.87. The minimum absolute atomic E-state index is 0.156. The van der Waals surface area contributed by atoms with Gasteiger partial charge in [-0.25, -0.2) is 0 Å². The van der Waals surface area contributed by atoms with E-state index in [1.54, 1.807) is 0 Å². The zero-order valence-electron chi connectivity index (χ0n) is 11.6. The molecule has 0 bridgehead atoms. The summed E-state index contributed by atoms with van der Waals surface area (Å²) in [6, 6.07) is 5.94. The summed E-state index contributed by atoms with van der Waals surface area (Å²) in [6.45, 7) is 8.72. The molecule has 0 amide bonds. The van der Waals surface area contributed by atoms with Crippen LogP contribution in [0.15, 0.2) is 18.2 Å². The molecule has 1 aromatic rings. The number of hydrogen-bond donors (Lipinski definition) is 1. The Labute approximate surface area is 110 Å². The maximum absolute atomic E-state index is 12.0. The molecule has 1 rings (SSSR count). The Kier molecular flexibility index (Phi) is 6.61. The average molecular weight is 249 g/mol. The predicted octanol–water partition coefficient (Wildman–Crippen LogP) is 2.50. The highest BCUT2D eigenvalue weighted by Gasteiger charge is 2.08. The molecule has 0 radical (unpaired) electrons. The van der Waals surface area contributed by atoms with Crippen LogP contribution in [0.4, 0.5) is 0 Å². The van der Waals surface area contributed by atoms with Crippen LogP contribution in [0.2, 0.25) is 0 Å². The van der Waals surface area contributed by atoms with Gasteiger partial charge < -0.3 is 10.1 Å². The summed E-state index contributed by atoms with van der Waals surface area (Å²) in [7, 11) is 0. The first kappa shape index (κ1) is 14.9. The van der Waals surface area contributed by atoms with Gasteiger partial charge in [0.05, 0.1) is 6.54 Å².